The second-order valence-corrected chi connectivity index (χ2v) is 6.25. The van der Waals surface area contributed by atoms with E-state index in [4.69, 9.17) is 5.11 Å². The number of carbonyl (C=O) groups is 1. The molecule has 1 atom stereocenters. The molecule has 6 nitrogen and oxygen atoms in total. The molecular weight excluding hydrogens is 244 g/mol. The Morgan fingerprint density at radius 1 is 1.29 bits per heavy atom. The van der Waals surface area contributed by atoms with Gasteiger partial charge in [-0.1, -0.05) is 6.92 Å². The lowest BCUT2D eigenvalue weighted by molar-refractivity contribution is -0.137. The van der Waals surface area contributed by atoms with Crippen LogP contribution in [0.15, 0.2) is 0 Å². The third-order valence-electron chi connectivity index (χ3n) is 2.76. The first kappa shape index (κ1) is 16.3. The van der Waals surface area contributed by atoms with E-state index >= 15 is 0 Å². The number of hydrogen-bond donors (Lipinski definition) is 1. The fourth-order valence-electron chi connectivity index (χ4n) is 1.23. The molecule has 0 fully saturated rings. The van der Waals surface area contributed by atoms with Crippen LogP contribution in [-0.4, -0.2) is 53.8 Å². The standard InChI is InChI=1S/C10H22N2O4S/c1-6-9(4)12(7-10(13)14)17(15,16)11(5)8(2)3/h8-9H,6-7H2,1-5H3,(H,13,14). The highest BCUT2D eigenvalue weighted by Gasteiger charge is 2.33. The maximum Gasteiger partial charge on any atom is 0.318 e. The summed E-state index contributed by atoms with van der Waals surface area (Å²) in [4.78, 5) is 10.7. The molecule has 0 aliphatic rings. The van der Waals surface area contributed by atoms with Crippen molar-refractivity contribution in [1.82, 2.24) is 8.61 Å². The number of rotatable bonds is 7. The summed E-state index contributed by atoms with van der Waals surface area (Å²) in [6.07, 6.45) is 0.568. The molecule has 0 aliphatic heterocycles. The Balaban J connectivity index is 5.23. The van der Waals surface area contributed by atoms with Crippen LogP contribution in [0.4, 0.5) is 0 Å². The van der Waals surface area contributed by atoms with Gasteiger partial charge in [0, 0.05) is 19.1 Å². The van der Waals surface area contributed by atoms with Crippen molar-refractivity contribution in [1.29, 1.82) is 0 Å². The van der Waals surface area contributed by atoms with Crippen molar-refractivity contribution in [3.8, 4) is 0 Å². The monoisotopic (exact) mass is 266 g/mol. The van der Waals surface area contributed by atoms with E-state index in [0.29, 0.717) is 6.42 Å². The van der Waals surface area contributed by atoms with Gasteiger partial charge in [-0.2, -0.15) is 17.0 Å². The van der Waals surface area contributed by atoms with Crippen molar-refractivity contribution < 1.29 is 18.3 Å². The molecule has 0 aromatic rings. The van der Waals surface area contributed by atoms with Gasteiger partial charge in [0.15, 0.2) is 0 Å². The van der Waals surface area contributed by atoms with Crippen LogP contribution in [0.5, 0.6) is 0 Å². The van der Waals surface area contributed by atoms with Crippen LogP contribution in [0.25, 0.3) is 0 Å². The second kappa shape index (κ2) is 6.32. The van der Waals surface area contributed by atoms with E-state index in [2.05, 4.69) is 0 Å². The number of nitrogens with zero attached hydrogens (tertiary/aromatic N) is 2. The van der Waals surface area contributed by atoms with Gasteiger partial charge in [-0.25, -0.2) is 0 Å². The highest BCUT2D eigenvalue weighted by atomic mass is 32.2. The van der Waals surface area contributed by atoms with E-state index in [1.807, 2.05) is 6.92 Å². The van der Waals surface area contributed by atoms with Gasteiger partial charge < -0.3 is 5.11 Å². The van der Waals surface area contributed by atoms with Crippen molar-refractivity contribution in [3.05, 3.63) is 0 Å². The zero-order valence-electron chi connectivity index (χ0n) is 11.0. The fourth-order valence-corrected chi connectivity index (χ4v) is 2.97. The summed E-state index contributed by atoms with van der Waals surface area (Å²) in [5.41, 5.74) is 0. The molecule has 0 amide bonds. The Morgan fingerprint density at radius 2 is 1.76 bits per heavy atom. The van der Waals surface area contributed by atoms with E-state index in [1.165, 1.54) is 11.4 Å². The summed E-state index contributed by atoms with van der Waals surface area (Å²) in [6, 6.07) is -0.544. The molecule has 1 unspecified atom stereocenters. The largest absolute Gasteiger partial charge is 0.480 e. The molecule has 0 heterocycles. The molecular formula is C10H22N2O4S. The van der Waals surface area contributed by atoms with Crippen LogP contribution >= 0.6 is 0 Å². The van der Waals surface area contributed by atoms with E-state index < -0.39 is 22.7 Å². The maximum atomic E-state index is 12.2. The maximum absolute atomic E-state index is 12.2. The third-order valence-corrected chi connectivity index (χ3v) is 4.99. The molecule has 0 rings (SSSR count). The van der Waals surface area contributed by atoms with Gasteiger partial charge in [0.25, 0.3) is 10.2 Å². The number of carboxylic acids is 1. The van der Waals surface area contributed by atoms with E-state index in [0.717, 1.165) is 4.31 Å². The van der Waals surface area contributed by atoms with Gasteiger partial charge in [0.05, 0.1) is 0 Å². The average molecular weight is 266 g/mol. The molecule has 0 radical (unpaired) electrons. The topological polar surface area (TPSA) is 77.9 Å². The lowest BCUT2D eigenvalue weighted by Crippen LogP contribution is -2.50. The third kappa shape index (κ3) is 4.25. The average Bonchev–Trinajstić information content (AvgIpc) is 2.23. The van der Waals surface area contributed by atoms with Crippen LogP contribution in [0.2, 0.25) is 0 Å². The molecule has 0 saturated carbocycles. The van der Waals surface area contributed by atoms with Gasteiger partial charge in [0.1, 0.15) is 6.54 Å². The van der Waals surface area contributed by atoms with Crippen LogP contribution < -0.4 is 0 Å². The Hall–Kier alpha value is -0.660. The molecule has 17 heavy (non-hydrogen) atoms. The van der Waals surface area contributed by atoms with Crippen molar-refractivity contribution in [2.75, 3.05) is 13.6 Å². The summed E-state index contributed by atoms with van der Waals surface area (Å²) in [5, 5.41) is 8.79. The molecule has 102 valence electrons. The van der Waals surface area contributed by atoms with E-state index in [1.54, 1.807) is 20.8 Å². The lowest BCUT2D eigenvalue weighted by Gasteiger charge is -2.32. The van der Waals surface area contributed by atoms with Crippen molar-refractivity contribution in [2.24, 2.45) is 0 Å². The first-order chi connectivity index (χ1) is 7.64. The SMILES string of the molecule is CCC(C)N(CC(=O)O)S(=O)(=O)N(C)C(C)C. The summed E-state index contributed by atoms with van der Waals surface area (Å²) < 4.78 is 26.6. The van der Waals surface area contributed by atoms with Gasteiger partial charge in [0.2, 0.25) is 0 Å². The molecule has 0 aliphatic carbocycles. The summed E-state index contributed by atoms with van der Waals surface area (Å²) in [5.74, 6) is -1.15. The molecule has 0 saturated heterocycles. The Kier molecular flexibility index (Phi) is 6.08. The van der Waals surface area contributed by atoms with Crippen LogP contribution in [0.3, 0.4) is 0 Å². The number of aliphatic carboxylic acids is 1. The Labute approximate surface area is 103 Å². The summed E-state index contributed by atoms with van der Waals surface area (Å²) in [6.45, 7) is 6.51. The lowest BCUT2D eigenvalue weighted by atomic mass is 10.2. The van der Waals surface area contributed by atoms with Crippen molar-refractivity contribution in [3.63, 3.8) is 0 Å². The highest BCUT2D eigenvalue weighted by Crippen LogP contribution is 2.15. The van der Waals surface area contributed by atoms with Crippen LogP contribution in [0, 0.1) is 0 Å². The van der Waals surface area contributed by atoms with Gasteiger partial charge in [-0.15, -0.1) is 0 Å². The van der Waals surface area contributed by atoms with E-state index in [9.17, 15) is 13.2 Å². The predicted octanol–water partition coefficient (Wildman–Crippen LogP) is 0.756. The molecule has 1 N–H and O–H groups in total. The number of hydrogen-bond acceptors (Lipinski definition) is 3. The summed E-state index contributed by atoms with van der Waals surface area (Å²) in [7, 11) is -2.27. The quantitative estimate of drug-likeness (QED) is 0.738. The van der Waals surface area contributed by atoms with Crippen LogP contribution in [0.1, 0.15) is 34.1 Å². The highest BCUT2D eigenvalue weighted by molar-refractivity contribution is 7.86. The molecule has 0 aromatic heterocycles. The first-order valence-electron chi connectivity index (χ1n) is 5.61. The smallest absolute Gasteiger partial charge is 0.318 e. The Morgan fingerprint density at radius 3 is 2.06 bits per heavy atom. The normalized spacial score (nSPS) is 14.6. The van der Waals surface area contributed by atoms with Gasteiger partial charge in [-0.3, -0.25) is 4.79 Å². The van der Waals surface area contributed by atoms with Crippen molar-refractivity contribution in [2.45, 2.75) is 46.2 Å². The minimum Gasteiger partial charge on any atom is -0.480 e. The molecule has 0 bridgehead atoms. The van der Waals surface area contributed by atoms with Gasteiger partial charge >= 0.3 is 5.97 Å². The minimum absolute atomic E-state index is 0.208. The van der Waals surface area contributed by atoms with E-state index in [-0.39, 0.29) is 12.1 Å². The van der Waals surface area contributed by atoms with Gasteiger partial charge in [-0.05, 0) is 27.2 Å². The van der Waals surface area contributed by atoms with Crippen molar-refractivity contribution >= 4 is 16.2 Å². The summed E-state index contributed by atoms with van der Waals surface area (Å²) >= 11 is 0. The Bertz CT molecular complexity index is 353. The number of carboxylic acid groups (broad SMARTS) is 1. The molecule has 7 heteroatoms. The van der Waals surface area contributed by atoms with Crippen LogP contribution in [-0.2, 0) is 15.0 Å². The predicted molar refractivity (Wildman–Crippen MR) is 65.9 cm³/mol. The molecule has 0 spiro atoms. The zero-order chi connectivity index (χ0) is 13.8. The second-order valence-electron chi connectivity index (χ2n) is 4.31. The zero-order valence-corrected chi connectivity index (χ0v) is 11.9. The fraction of sp³-hybridized carbons (Fsp3) is 0.900. The molecule has 0 aromatic carbocycles. The minimum atomic E-state index is -3.72. The first-order valence-corrected chi connectivity index (χ1v) is 7.00.